The summed E-state index contributed by atoms with van der Waals surface area (Å²) < 4.78 is 27.2. The highest BCUT2D eigenvalue weighted by Gasteiger charge is 2.36. The molecule has 2 rings (SSSR count). The quantitative estimate of drug-likeness (QED) is 0.580. The molecule has 1 aliphatic rings. The third-order valence-corrected chi connectivity index (χ3v) is 2.86. The van der Waals surface area contributed by atoms with E-state index in [0.29, 0.717) is 12.8 Å². The van der Waals surface area contributed by atoms with Gasteiger partial charge in [0.25, 0.3) is 0 Å². The number of alkyl halides is 2. The van der Waals surface area contributed by atoms with Crippen molar-refractivity contribution in [3.63, 3.8) is 0 Å². The number of aromatic nitrogens is 2. The Morgan fingerprint density at radius 2 is 2.12 bits per heavy atom. The zero-order valence-electron chi connectivity index (χ0n) is 8.47. The summed E-state index contributed by atoms with van der Waals surface area (Å²) in [5, 5.41) is 14.3. The molecule has 0 radical (unpaired) electrons. The van der Waals surface area contributed by atoms with Gasteiger partial charge in [-0.15, -0.1) is 0 Å². The SMILES string of the molecule is O=[N+]([O-])c1cnn(C2CCC(F)(F)CC2)c1. The molecule has 7 heteroatoms. The second kappa shape index (κ2) is 3.80. The first-order chi connectivity index (χ1) is 7.48. The number of rotatable bonds is 2. The monoisotopic (exact) mass is 231 g/mol. The summed E-state index contributed by atoms with van der Waals surface area (Å²) in [6.45, 7) is 0. The molecule has 0 N–H and O–H groups in total. The summed E-state index contributed by atoms with van der Waals surface area (Å²) in [6.07, 6.45) is 2.72. The van der Waals surface area contributed by atoms with Crippen molar-refractivity contribution in [2.24, 2.45) is 0 Å². The summed E-state index contributed by atoms with van der Waals surface area (Å²) in [4.78, 5) is 9.89. The number of nitro groups is 1. The van der Waals surface area contributed by atoms with E-state index < -0.39 is 10.8 Å². The molecule has 0 spiro atoms. The van der Waals surface area contributed by atoms with Crippen molar-refractivity contribution < 1.29 is 13.7 Å². The lowest BCUT2D eigenvalue weighted by Crippen LogP contribution is -2.26. The van der Waals surface area contributed by atoms with Gasteiger partial charge in [0.1, 0.15) is 12.4 Å². The highest BCUT2D eigenvalue weighted by Crippen LogP contribution is 2.38. The largest absolute Gasteiger partial charge is 0.307 e. The summed E-state index contributed by atoms with van der Waals surface area (Å²) in [5.41, 5.74) is -0.0997. The number of hydrogen-bond donors (Lipinski definition) is 0. The molecule has 0 amide bonds. The Morgan fingerprint density at radius 3 is 2.62 bits per heavy atom. The van der Waals surface area contributed by atoms with E-state index in [2.05, 4.69) is 5.10 Å². The average Bonchev–Trinajstić information content (AvgIpc) is 2.66. The third-order valence-electron chi connectivity index (χ3n) is 2.86. The average molecular weight is 231 g/mol. The fraction of sp³-hybridized carbons (Fsp3) is 0.667. The van der Waals surface area contributed by atoms with Crippen LogP contribution in [0.25, 0.3) is 0 Å². The first-order valence-electron chi connectivity index (χ1n) is 5.04. The molecule has 1 heterocycles. The van der Waals surface area contributed by atoms with Crippen molar-refractivity contribution in [2.45, 2.75) is 37.6 Å². The van der Waals surface area contributed by atoms with E-state index in [1.165, 1.54) is 10.9 Å². The molecule has 0 bridgehead atoms. The minimum atomic E-state index is -2.59. The molecular weight excluding hydrogens is 220 g/mol. The van der Waals surface area contributed by atoms with Gasteiger partial charge in [-0.3, -0.25) is 14.8 Å². The van der Waals surface area contributed by atoms with Crippen LogP contribution < -0.4 is 0 Å². The first-order valence-corrected chi connectivity index (χ1v) is 5.04. The minimum absolute atomic E-state index is 0.0997. The van der Waals surface area contributed by atoms with Gasteiger partial charge in [0.15, 0.2) is 0 Å². The topological polar surface area (TPSA) is 61.0 Å². The van der Waals surface area contributed by atoms with Crippen molar-refractivity contribution in [3.05, 3.63) is 22.5 Å². The molecule has 0 saturated heterocycles. The molecule has 0 unspecified atom stereocenters. The van der Waals surface area contributed by atoms with Crippen LogP contribution >= 0.6 is 0 Å². The van der Waals surface area contributed by atoms with Crippen LogP contribution in [0.2, 0.25) is 0 Å². The maximum atomic E-state index is 12.9. The molecule has 1 saturated carbocycles. The van der Waals surface area contributed by atoms with Crippen LogP contribution in [0, 0.1) is 10.1 Å². The van der Waals surface area contributed by atoms with E-state index in [4.69, 9.17) is 0 Å². The van der Waals surface area contributed by atoms with Gasteiger partial charge in [0.2, 0.25) is 5.92 Å². The Balaban J connectivity index is 2.05. The van der Waals surface area contributed by atoms with Gasteiger partial charge in [-0.25, -0.2) is 8.78 Å². The lowest BCUT2D eigenvalue weighted by Gasteiger charge is -2.28. The molecule has 0 atom stereocenters. The minimum Gasteiger partial charge on any atom is -0.263 e. The smallest absolute Gasteiger partial charge is 0.263 e. The van der Waals surface area contributed by atoms with Gasteiger partial charge < -0.3 is 0 Å². The number of nitrogens with zero attached hydrogens (tertiary/aromatic N) is 3. The fourth-order valence-corrected chi connectivity index (χ4v) is 1.91. The molecule has 0 aliphatic heterocycles. The van der Waals surface area contributed by atoms with E-state index in [1.807, 2.05) is 0 Å². The van der Waals surface area contributed by atoms with E-state index in [1.54, 1.807) is 0 Å². The second-order valence-electron chi connectivity index (χ2n) is 4.02. The van der Waals surface area contributed by atoms with Crippen molar-refractivity contribution in [1.29, 1.82) is 0 Å². The summed E-state index contributed by atoms with van der Waals surface area (Å²) in [5.74, 6) is -2.59. The normalized spacial score (nSPS) is 20.9. The highest BCUT2D eigenvalue weighted by molar-refractivity contribution is 5.21. The molecule has 1 aliphatic carbocycles. The Kier molecular flexibility index (Phi) is 2.61. The lowest BCUT2D eigenvalue weighted by atomic mass is 9.92. The molecule has 1 aromatic rings. The van der Waals surface area contributed by atoms with Gasteiger partial charge in [-0.1, -0.05) is 0 Å². The maximum Gasteiger partial charge on any atom is 0.307 e. The lowest BCUT2D eigenvalue weighted by molar-refractivity contribution is -0.385. The van der Waals surface area contributed by atoms with Crippen LogP contribution in [-0.4, -0.2) is 20.6 Å². The standard InChI is InChI=1S/C9H11F2N3O2/c10-9(11)3-1-7(2-4-9)13-6-8(5-12-13)14(15)16/h5-7H,1-4H2. The van der Waals surface area contributed by atoms with Gasteiger partial charge in [-0.2, -0.15) is 5.10 Å². The van der Waals surface area contributed by atoms with Crippen molar-refractivity contribution in [2.75, 3.05) is 0 Å². The predicted molar refractivity (Wildman–Crippen MR) is 51.3 cm³/mol. The van der Waals surface area contributed by atoms with E-state index >= 15 is 0 Å². The van der Waals surface area contributed by atoms with Crippen molar-refractivity contribution in [3.8, 4) is 0 Å². The molecule has 88 valence electrons. The Labute approximate surface area is 90.2 Å². The summed E-state index contributed by atoms with van der Waals surface area (Å²) in [7, 11) is 0. The molecule has 5 nitrogen and oxygen atoms in total. The van der Waals surface area contributed by atoms with E-state index in [-0.39, 0.29) is 24.6 Å². The molecule has 16 heavy (non-hydrogen) atoms. The van der Waals surface area contributed by atoms with Gasteiger partial charge in [0, 0.05) is 12.8 Å². The number of halogens is 2. The zero-order chi connectivity index (χ0) is 11.8. The molecule has 1 fully saturated rings. The van der Waals surface area contributed by atoms with Crippen LogP contribution in [-0.2, 0) is 0 Å². The Hall–Kier alpha value is -1.53. The molecular formula is C9H11F2N3O2. The van der Waals surface area contributed by atoms with Gasteiger partial charge >= 0.3 is 5.69 Å². The van der Waals surface area contributed by atoms with Crippen LogP contribution in [0.15, 0.2) is 12.4 Å². The van der Waals surface area contributed by atoms with Crippen LogP contribution in [0.4, 0.5) is 14.5 Å². The Morgan fingerprint density at radius 1 is 1.50 bits per heavy atom. The summed E-state index contributed by atoms with van der Waals surface area (Å²) >= 11 is 0. The van der Waals surface area contributed by atoms with Crippen LogP contribution in [0.1, 0.15) is 31.7 Å². The van der Waals surface area contributed by atoms with Crippen LogP contribution in [0.5, 0.6) is 0 Å². The summed E-state index contributed by atoms with van der Waals surface area (Å²) in [6, 6.07) is -0.145. The van der Waals surface area contributed by atoms with Crippen LogP contribution in [0.3, 0.4) is 0 Å². The number of hydrogen-bond acceptors (Lipinski definition) is 3. The highest BCUT2D eigenvalue weighted by atomic mass is 19.3. The van der Waals surface area contributed by atoms with E-state index in [0.717, 1.165) is 6.20 Å². The molecule has 1 aromatic heterocycles. The van der Waals surface area contributed by atoms with Gasteiger partial charge in [-0.05, 0) is 12.8 Å². The van der Waals surface area contributed by atoms with E-state index in [9.17, 15) is 18.9 Å². The second-order valence-corrected chi connectivity index (χ2v) is 4.02. The van der Waals surface area contributed by atoms with Gasteiger partial charge in [0.05, 0.1) is 11.0 Å². The maximum absolute atomic E-state index is 12.9. The predicted octanol–water partition coefficient (Wildman–Crippen LogP) is 2.54. The van der Waals surface area contributed by atoms with Crippen molar-refractivity contribution in [1.82, 2.24) is 9.78 Å². The fourth-order valence-electron chi connectivity index (χ4n) is 1.91. The Bertz CT molecular complexity index is 395. The third kappa shape index (κ3) is 2.17. The molecule has 0 aromatic carbocycles. The zero-order valence-corrected chi connectivity index (χ0v) is 8.47. The first kappa shape index (κ1) is 11.0. The van der Waals surface area contributed by atoms with Crippen molar-refractivity contribution >= 4 is 5.69 Å².